The number of alkyl halides is 1. The number of nitrogens with two attached hydrogens (primary N) is 1. The van der Waals surface area contributed by atoms with Gasteiger partial charge in [0.1, 0.15) is 0 Å². The van der Waals surface area contributed by atoms with E-state index >= 15 is 0 Å². The molecule has 16 bridgehead atoms. The number of nitrogens with one attached hydrogen (secondary N) is 2. The topological polar surface area (TPSA) is 70.4 Å². The molecule has 0 radical (unpaired) electrons. The van der Waals surface area contributed by atoms with Crippen molar-refractivity contribution in [2.45, 2.75) is 334 Å². The highest BCUT2D eigenvalue weighted by Gasteiger charge is 2.56. The van der Waals surface area contributed by atoms with Crippen LogP contribution in [-0.4, -0.2) is 10.2 Å². The van der Waals surface area contributed by atoms with Crippen molar-refractivity contribution >= 4 is 109 Å². The molecule has 21 aliphatic carbocycles. The number of anilines is 7. The van der Waals surface area contributed by atoms with E-state index in [1.54, 1.807) is 41.5 Å². The average molecular weight is 2130 g/mol. The summed E-state index contributed by atoms with van der Waals surface area (Å²) in [6.45, 7) is 10.9. The van der Waals surface area contributed by atoms with Gasteiger partial charge in [-0.15, -0.1) is 0 Å². The van der Waals surface area contributed by atoms with E-state index in [2.05, 4.69) is 325 Å². The number of nitrogen functional groups attached to an aromatic ring is 1. The van der Waals surface area contributed by atoms with Gasteiger partial charge < -0.3 is 21.3 Å². The van der Waals surface area contributed by atoms with Crippen LogP contribution >= 0.6 is 63.7 Å². The summed E-state index contributed by atoms with van der Waals surface area (Å²) >= 11 is 14.6. The van der Waals surface area contributed by atoms with Gasteiger partial charge >= 0.3 is 0 Å². The molecule has 32 rings (SSSR count). The van der Waals surface area contributed by atoms with Gasteiger partial charge in [-0.2, -0.15) is 0 Å². The molecular weight excluding hydrogens is 1980 g/mol. The smallest absolute Gasteiger partial charge is 0.221 e. The molecule has 1 amide bonds. The molecule has 0 heterocycles. The summed E-state index contributed by atoms with van der Waals surface area (Å²) in [5.41, 5.74) is 36.1. The number of benzene rings is 11. The predicted molar refractivity (Wildman–Crippen MR) is 607 cm³/mol. The Morgan fingerprint density at radius 3 is 1.10 bits per heavy atom. The van der Waals surface area contributed by atoms with Crippen LogP contribution in [0.2, 0.25) is 0 Å². The maximum Gasteiger partial charge on any atom is 0.221 e. The standard InChI is InChI=1S/C43H47N.C28H35N.C16H19Br.C15H13Br.C12H17N.C10H15Br.C8H8BrNO/c1-42(2)38-13-7-6-12-36(38)37-21-20-35(25-40(37)42)44(34-18-16-33(17-19-34)32-10-4-3-5-11-32)41-15-9-8-14-39(41)43-26-29-22-30(27-43)24-31(23-29)28-43;1-2-6-23(7-3-1)24-10-12-25(13-11-24)29-27-9-5-4-8-26(27)28-17-20-14-21(18-28)16-22(15-20)19-28;17-15-4-2-1-3-14(15)16-8-11-5-12(9-16)7-13(6-11)10-16;1-15(2)13-6-4-3-5-11(13)12-8-7-10(16)9-14(12)15;13-12-8-6-11(7-9-12)10-4-2-1-3-5-10;11-10-4-7-1-8(5-10)3-9(2-7)6-10;1-6(11)10-8-4-2-3-7(9)5-8/h6-9,12-21,25,29-32H,3-5,10-11,22-24,26-28H2,1-2H3;4-5,8-13,20-23,29H,1-3,6-7,14-19H2;1-4,11-13H,5-10H2;3-9H,1-2H3;6-10H,1-5,13H2;7-9H,1-6H2;2-5H,1H3,(H,10,11). The molecule has 0 saturated heterocycles. The minimum Gasteiger partial charge on any atom is -0.399 e. The Labute approximate surface area is 879 Å². The summed E-state index contributed by atoms with van der Waals surface area (Å²) < 4.78 is 4.08. The van der Waals surface area contributed by atoms with Crippen molar-refractivity contribution < 1.29 is 4.79 Å². The zero-order valence-electron chi connectivity index (χ0n) is 84.9. The largest absolute Gasteiger partial charge is 0.399 e. The lowest BCUT2D eigenvalue weighted by atomic mass is 9.48. The van der Waals surface area contributed by atoms with Crippen molar-refractivity contribution in [1.29, 1.82) is 0 Å². The fourth-order valence-corrected chi connectivity index (χ4v) is 36.9. The van der Waals surface area contributed by atoms with Crippen molar-refractivity contribution in [2.75, 3.05) is 21.3 Å². The maximum absolute atomic E-state index is 10.6. The van der Waals surface area contributed by atoms with Gasteiger partial charge in [0.05, 0.1) is 0 Å². The Morgan fingerprint density at radius 1 is 0.312 bits per heavy atom. The molecule has 0 aromatic heterocycles. The molecule has 19 saturated carbocycles. The van der Waals surface area contributed by atoms with Crippen LogP contribution in [0.4, 0.5) is 39.8 Å². The summed E-state index contributed by atoms with van der Waals surface area (Å²) in [7, 11) is 0. The molecule has 0 unspecified atom stereocenters. The van der Waals surface area contributed by atoms with Crippen LogP contribution in [0.1, 0.15) is 358 Å². The van der Waals surface area contributed by atoms with E-state index in [1.807, 2.05) is 36.4 Å². The number of para-hydroxylation sites is 2. The first kappa shape index (κ1) is 97.9. The van der Waals surface area contributed by atoms with Gasteiger partial charge in [-0.25, -0.2) is 0 Å². The molecule has 0 aliphatic heterocycles. The third kappa shape index (κ3) is 20.9. The normalized spacial score (nSPS) is 29.8. The second-order valence-electron chi connectivity index (χ2n) is 49.5. The van der Waals surface area contributed by atoms with Gasteiger partial charge in [-0.1, -0.05) is 307 Å². The van der Waals surface area contributed by atoms with Crippen LogP contribution in [0.5, 0.6) is 0 Å². The van der Waals surface area contributed by atoms with Crippen molar-refractivity contribution in [1.82, 2.24) is 0 Å². The van der Waals surface area contributed by atoms with Crippen LogP contribution in [0, 0.1) is 71.0 Å². The third-order valence-electron chi connectivity index (χ3n) is 38.8. The van der Waals surface area contributed by atoms with Crippen molar-refractivity contribution in [3.8, 4) is 22.3 Å². The van der Waals surface area contributed by atoms with Gasteiger partial charge in [-0.05, 0) is 473 Å². The number of nitrogens with zero attached hydrogens (tertiary/aromatic N) is 1. The minimum atomic E-state index is -0.0527. The van der Waals surface area contributed by atoms with E-state index in [9.17, 15) is 4.79 Å². The number of carbonyl (C=O) groups excluding carboxylic acids is 1. The third-order valence-corrected chi connectivity index (χ3v) is 41.4. The van der Waals surface area contributed by atoms with Crippen molar-refractivity contribution in [2.24, 2.45) is 71.0 Å². The first-order chi connectivity index (χ1) is 68.4. The quantitative estimate of drug-likeness (QED) is 0.0842. The van der Waals surface area contributed by atoms with E-state index in [4.69, 9.17) is 5.73 Å². The van der Waals surface area contributed by atoms with E-state index in [-0.39, 0.29) is 16.7 Å². The zero-order chi connectivity index (χ0) is 96.4. The molecule has 5 nitrogen and oxygen atoms in total. The molecule has 0 atom stereocenters. The van der Waals surface area contributed by atoms with Crippen molar-refractivity contribution in [3.63, 3.8) is 0 Å². The van der Waals surface area contributed by atoms with E-state index in [0.29, 0.717) is 20.6 Å². The van der Waals surface area contributed by atoms with Gasteiger partial charge in [0, 0.05) is 75.3 Å². The number of hydrogen-bond donors (Lipinski definition) is 3. The minimum absolute atomic E-state index is 0.0160. The highest BCUT2D eigenvalue weighted by Crippen LogP contribution is 2.67. The average Bonchev–Trinajstić information content (AvgIpc) is 1.36. The first-order valence-electron chi connectivity index (χ1n) is 55.8. The number of halogens is 4. The van der Waals surface area contributed by atoms with Gasteiger partial charge in [0.25, 0.3) is 0 Å². The monoisotopic (exact) mass is 2130 g/mol. The fourth-order valence-electron chi connectivity index (χ4n) is 34.1. The number of hydrogen-bond acceptors (Lipinski definition) is 4. The second-order valence-corrected chi connectivity index (χ2v) is 53.9. The summed E-state index contributed by atoms with van der Waals surface area (Å²) in [5, 5.41) is 6.50. The molecule has 11 aromatic rings. The summed E-state index contributed by atoms with van der Waals surface area (Å²) in [5.74, 6) is 14.4. The number of carbonyl (C=O) groups is 1. The highest BCUT2D eigenvalue weighted by molar-refractivity contribution is 9.11. The summed E-state index contributed by atoms with van der Waals surface area (Å²) in [4.78, 5) is 13.2. The number of amides is 1. The predicted octanol–water partition coefficient (Wildman–Crippen LogP) is 38.7. The molecular formula is C132H154Br4N4O. The lowest BCUT2D eigenvalue weighted by Gasteiger charge is -2.57. The summed E-state index contributed by atoms with van der Waals surface area (Å²) in [6, 6.07) is 94.5. The highest BCUT2D eigenvalue weighted by atomic mass is 79.9. The Hall–Kier alpha value is -7.79. The zero-order valence-corrected chi connectivity index (χ0v) is 91.3. The molecule has 21 aliphatic rings. The molecule has 9 heteroatoms. The van der Waals surface area contributed by atoms with Crippen LogP contribution < -0.4 is 21.3 Å². The Morgan fingerprint density at radius 2 is 0.660 bits per heavy atom. The maximum atomic E-state index is 10.6. The first-order valence-corrected chi connectivity index (χ1v) is 59.0. The molecule has 11 aromatic carbocycles. The van der Waals surface area contributed by atoms with E-state index < -0.39 is 0 Å². The molecule has 141 heavy (non-hydrogen) atoms. The number of fused-ring (bicyclic) bond motifs is 6. The van der Waals surface area contributed by atoms with Gasteiger partial charge in [0.2, 0.25) is 5.91 Å². The van der Waals surface area contributed by atoms with Crippen LogP contribution in [0.3, 0.4) is 0 Å². The SMILES string of the molecule is BrC12CC3CC(CC(C3)C1)C2.Brc1ccccc1C12CC3CC(CC(C3)C1)C2.CC(=O)Nc1cccc(Br)c1.CC1(C)c2ccccc2-c2ccc(Br)cc21.CC1(C)c2ccccc2-c2ccc(N(c3ccc(C4CCCCC4)cc3)c3ccccc3C34CC5CC(CC(C5)C3)C4)cc21.Nc1ccc(C2CCCCC2)cc1.c1ccc(C23CC4CC(CC(C4)C2)C3)c(Nc2ccc(C3CCCCC3)cc2)c1. The van der Waals surface area contributed by atoms with Gasteiger partial charge in [0.15, 0.2) is 0 Å². The Balaban J connectivity index is 0.000000101. The lowest BCUT2D eigenvalue weighted by Crippen LogP contribution is -2.48. The second kappa shape index (κ2) is 41.5. The Bertz CT molecular complexity index is 6080. The van der Waals surface area contributed by atoms with Crippen LogP contribution in [-0.2, 0) is 31.9 Å². The van der Waals surface area contributed by atoms with E-state index in [0.717, 1.165) is 109 Å². The van der Waals surface area contributed by atoms with Gasteiger partial charge in [-0.3, -0.25) is 4.79 Å². The molecule has 4 N–H and O–H groups in total. The number of rotatable bonds is 12. The van der Waals surface area contributed by atoms with Crippen LogP contribution in [0.15, 0.2) is 268 Å². The molecule has 19 fully saturated rings. The lowest BCUT2D eigenvalue weighted by molar-refractivity contribution is -0.114. The fraction of sp³-hybridized carbons (Fsp3) is 0.492. The molecule has 0 spiro atoms. The van der Waals surface area contributed by atoms with Crippen LogP contribution in [0.25, 0.3) is 22.3 Å². The summed E-state index contributed by atoms with van der Waals surface area (Å²) in [6.07, 6.45) is 56.3. The van der Waals surface area contributed by atoms with E-state index in [1.165, 1.54) is 327 Å². The molecule has 736 valence electrons. The van der Waals surface area contributed by atoms with Crippen molar-refractivity contribution in [3.05, 3.63) is 324 Å². The Kier molecular flexibility index (Phi) is 28.8.